The Morgan fingerprint density at radius 2 is 2.15 bits per heavy atom. The molecule has 6 heteroatoms. The second-order valence-corrected chi connectivity index (χ2v) is 7.57. The summed E-state index contributed by atoms with van der Waals surface area (Å²) in [4.78, 5) is 14.8. The van der Waals surface area contributed by atoms with Gasteiger partial charge in [0.15, 0.2) is 0 Å². The predicted molar refractivity (Wildman–Crippen MR) is 99.4 cm³/mol. The van der Waals surface area contributed by atoms with Crippen molar-refractivity contribution in [3.8, 4) is 0 Å². The fourth-order valence-corrected chi connectivity index (χ4v) is 4.18. The van der Waals surface area contributed by atoms with E-state index in [9.17, 15) is 9.18 Å². The molecule has 26 heavy (non-hydrogen) atoms. The first-order valence-corrected chi connectivity index (χ1v) is 9.49. The number of hydrogen-bond acceptors (Lipinski definition) is 4. The largest absolute Gasteiger partial charge is 0.379 e. The van der Waals surface area contributed by atoms with E-state index in [2.05, 4.69) is 22.5 Å². The number of nitrogens with one attached hydrogen (secondary N) is 2. The van der Waals surface area contributed by atoms with Crippen LogP contribution in [0.2, 0.25) is 0 Å². The van der Waals surface area contributed by atoms with E-state index in [1.807, 2.05) is 6.08 Å². The fraction of sp³-hybridized carbons (Fsp3) is 0.550. The average molecular weight is 359 g/mol. The summed E-state index contributed by atoms with van der Waals surface area (Å²) in [6, 6.07) is 5.03. The van der Waals surface area contributed by atoms with Crippen LogP contribution in [0.5, 0.6) is 0 Å². The molecule has 2 N–H and O–H groups in total. The molecule has 0 bridgehead atoms. The summed E-state index contributed by atoms with van der Waals surface area (Å²) in [5, 5.41) is 6.49. The number of benzene rings is 1. The Hall–Kier alpha value is -1.76. The van der Waals surface area contributed by atoms with E-state index in [1.54, 1.807) is 6.07 Å². The lowest BCUT2D eigenvalue weighted by Crippen LogP contribution is -2.39. The van der Waals surface area contributed by atoms with Crippen molar-refractivity contribution in [2.24, 2.45) is 5.92 Å². The standard InChI is InChI=1S/C20H26FN3O2/c1-13-10-15(4-5-24-6-8-26-9-7-24)22-19(13)12-17-16-11-14(21)2-3-18(16)23-20(17)25/h2-3,11-13,15,19,22H,4-10H2,1H3,(H,23,25)/b17-12-. The molecule has 3 aliphatic heterocycles. The molecule has 0 saturated carbocycles. The van der Waals surface area contributed by atoms with Crippen LogP contribution in [0, 0.1) is 11.7 Å². The summed E-state index contributed by atoms with van der Waals surface area (Å²) < 4.78 is 19.0. The molecule has 3 aliphatic rings. The van der Waals surface area contributed by atoms with E-state index in [-0.39, 0.29) is 17.8 Å². The normalized spacial score (nSPS) is 30.6. The third-order valence-corrected chi connectivity index (χ3v) is 5.71. The molecular weight excluding hydrogens is 333 g/mol. The van der Waals surface area contributed by atoms with Crippen molar-refractivity contribution < 1.29 is 13.9 Å². The predicted octanol–water partition coefficient (Wildman–Crippen LogP) is 2.25. The van der Waals surface area contributed by atoms with Gasteiger partial charge in [-0.3, -0.25) is 9.69 Å². The number of ether oxygens (including phenoxy) is 1. The highest BCUT2D eigenvalue weighted by atomic mass is 19.1. The van der Waals surface area contributed by atoms with Gasteiger partial charge in [-0.15, -0.1) is 0 Å². The monoisotopic (exact) mass is 359 g/mol. The Bertz CT molecular complexity index is 715. The number of amides is 1. The minimum absolute atomic E-state index is 0.139. The number of nitrogens with zero attached hydrogens (tertiary/aromatic N) is 1. The van der Waals surface area contributed by atoms with Crippen LogP contribution >= 0.6 is 0 Å². The summed E-state index contributed by atoms with van der Waals surface area (Å²) in [5.41, 5.74) is 1.94. The molecule has 0 spiro atoms. The molecule has 2 fully saturated rings. The molecule has 3 atom stereocenters. The number of anilines is 1. The van der Waals surface area contributed by atoms with Gasteiger partial charge in [0.25, 0.3) is 5.91 Å². The van der Waals surface area contributed by atoms with Gasteiger partial charge in [0.05, 0.1) is 13.2 Å². The second-order valence-electron chi connectivity index (χ2n) is 7.57. The minimum Gasteiger partial charge on any atom is -0.379 e. The molecule has 3 unspecified atom stereocenters. The number of fused-ring (bicyclic) bond motifs is 1. The van der Waals surface area contributed by atoms with Crippen molar-refractivity contribution in [1.29, 1.82) is 0 Å². The Morgan fingerprint density at radius 3 is 2.96 bits per heavy atom. The van der Waals surface area contributed by atoms with Gasteiger partial charge in [0.1, 0.15) is 5.82 Å². The van der Waals surface area contributed by atoms with Crippen LogP contribution in [0.4, 0.5) is 10.1 Å². The van der Waals surface area contributed by atoms with Gasteiger partial charge >= 0.3 is 0 Å². The Kier molecular flexibility index (Phi) is 5.07. The van der Waals surface area contributed by atoms with Crippen LogP contribution in [-0.2, 0) is 9.53 Å². The summed E-state index contributed by atoms with van der Waals surface area (Å²) in [7, 11) is 0. The summed E-state index contributed by atoms with van der Waals surface area (Å²) in [6.07, 6.45) is 4.18. The third-order valence-electron chi connectivity index (χ3n) is 5.71. The van der Waals surface area contributed by atoms with Crippen LogP contribution in [0.3, 0.4) is 0 Å². The van der Waals surface area contributed by atoms with Gasteiger partial charge < -0.3 is 15.4 Å². The van der Waals surface area contributed by atoms with E-state index >= 15 is 0 Å². The average Bonchev–Trinajstić information content (AvgIpc) is 3.14. The second kappa shape index (κ2) is 7.47. The first kappa shape index (κ1) is 17.6. The molecule has 2 saturated heterocycles. The van der Waals surface area contributed by atoms with Crippen molar-refractivity contribution in [2.75, 3.05) is 38.2 Å². The summed E-state index contributed by atoms with van der Waals surface area (Å²) in [6.45, 7) is 6.97. The maximum atomic E-state index is 13.6. The molecule has 140 valence electrons. The van der Waals surface area contributed by atoms with Crippen molar-refractivity contribution in [3.63, 3.8) is 0 Å². The zero-order valence-corrected chi connectivity index (χ0v) is 15.1. The minimum atomic E-state index is -0.318. The molecule has 1 aromatic rings. The summed E-state index contributed by atoms with van der Waals surface area (Å²) in [5.74, 6) is -0.0130. The lowest BCUT2D eigenvalue weighted by molar-refractivity contribution is -0.110. The number of hydrogen-bond donors (Lipinski definition) is 2. The van der Waals surface area contributed by atoms with Crippen LogP contribution in [0.1, 0.15) is 25.3 Å². The van der Waals surface area contributed by atoms with E-state index in [4.69, 9.17) is 4.74 Å². The zero-order valence-electron chi connectivity index (χ0n) is 15.1. The van der Waals surface area contributed by atoms with Crippen LogP contribution in [0.15, 0.2) is 24.3 Å². The van der Waals surface area contributed by atoms with E-state index in [0.717, 1.165) is 45.7 Å². The van der Waals surface area contributed by atoms with Crippen molar-refractivity contribution in [3.05, 3.63) is 35.7 Å². The van der Waals surface area contributed by atoms with E-state index < -0.39 is 0 Å². The first-order valence-electron chi connectivity index (χ1n) is 9.49. The van der Waals surface area contributed by atoms with Gasteiger partial charge in [-0.25, -0.2) is 4.39 Å². The lowest BCUT2D eigenvalue weighted by atomic mass is 9.97. The Labute approximate surface area is 153 Å². The van der Waals surface area contributed by atoms with Gasteiger partial charge in [-0.2, -0.15) is 0 Å². The van der Waals surface area contributed by atoms with Crippen LogP contribution in [-0.4, -0.2) is 55.7 Å². The lowest BCUT2D eigenvalue weighted by Gasteiger charge is -2.27. The highest BCUT2D eigenvalue weighted by Crippen LogP contribution is 2.34. The van der Waals surface area contributed by atoms with E-state index in [0.29, 0.717) is 28.8 Å². The maximum absolute atomic E-state index is 13.6. The van der Waals surface area contributed by atoms with Crippen LogP contribution in [0.25, 0.3) is 5.57 Å². The molecular formula is C20H26FN3O2. The smallest absolute Gasteiger partial charge is 0.256 e. The molecule has 1 amide bonds. The molecule has 0 aromatic heterocycles. The number of morpholine rings is 1. The van der Waals surface area contributed by atoms with Gasteiger partial charge in [-0.1, -0.05) is 13.0 Å². The Morgan fingerprint density at radius 1 is 1.35 bits per heavy atom. The maximum Gasteiger partial charge on any atom is 0.256 e. The highest BCUT2D eigenvalue weighted by molar-refractivity contribution is 6.31. The van der Waals surface area contributed by atoms with E-state index in [1.165, 1.54) is 12.1 Å². The van der Waals surface area contributed by atoms with Gasteiger partial charge in [-0.05, 0) is 43.5 Å². The molecule has 1 aromatic carbocycles. The fourth-order valence-electron chi connectivity index (χ4n) is 4.18. The Balaban J connectivity index is 1.41. The highest BCUT2D eigenvalue weighted by Gasteiger charge is 2.32. The summed E-state index contributed by atoms with van der Waals surface area (Å²) >= 11 is 0. The third kappa shape index (κ3) is 3.68. The number of carbonyl (C=O) groups excluding carboxylic acids is 1. The van der Waals surface area contributed by atoms with Gasteiger partial charge in [0.2, 0.25) is 0 Å². The SMILES string of the molecule is CC1CC(CCN2CCOCC2)NC1/C=C1\C(=O)Nc2ccc(F)cc21. The number of halogens is 1. The van der Waals surface area contributed by atoms with Crippen molar-refractivity contribution in [2.45, 2.75) is 31.8 Å². The van der Waals surface area contributed by atoms with Gasteiger partial charge in [0, 0.05) is 42.0 Å². The zero-order chi connectivity index (χ0) is 18.1. The van der Waals surface area contributed by atoms with Crippen LogP contribution < -0.4 is 10.6 Å². The first-order chi connectivity index (χ1) is 12.6. The molecule has 0 radical (unpaired) electrons. The number of rotatable bonds is 4. The topological polar surface area (TPSA) is 53.6 Å². The van der Waals surface area contributed by atoms with Crippen molar-refractivity contribution in [1.82, 2.24) is 10.2 Å². The number of carbonyl (C=O) groups is 1. The molecule has 4 rings (SSSR count). The molecule has 5 nitrogen and oxygen atoms in total. The molecule has 3 heterocycles. The van der Waals surface area contributed by atoms with Crippen molar-refractivity contribution >= 4 is 17.2 Å². The quantitative estimate of drug-likeness (QED) is 0.810. The molecule has 0 aliphatic carbocycles.